The lowest BCUT2D eigenvalue weighted by molar-refractivity contribution is 0.0732. The molecule has 1 fully saturated rings. The first-order chi connectivity index (χ1) is 15.7. The Morgan fingerprint density at radius 2 is 1.88 bits per heavy atom. The minimum Gasteiger partial charge on any atom is -0.494 e. The molecule has 0 saturated heterocycles. The molecule has 2 N–H and O–H groups in total. The maximum Gasteiger partial charge on any atom is 0.219 e. The van der Waals surface area contributed by atoms with E-state index in [2.05, 4.69) is 22.5 Å². The van der Waals surface area contributed by atoms with Crippen LogP contribution in [0.15, 0.2) is 47.6 Å². The highest BCUT2D eigenvalue weighted by molar-refractivity contribution is 5.79. The van der Waals surface area contributed by atoms with Crippen LogP contribution >= 0.6 is 0 Å². The topological polar surface area (TPSA) is 77.0 Å². The number of ether oxygens (including phenoxy) is 3. The zero-order valence-corrected chi connectivity index (χ0v) is 19.5. The molecule has 3 rings (SSSR count). The van der Waals surface area contributed by atoms with E-state index in [-0.39, 0.29) is 0 Å². The van der Waals surface area contributed by atoms with Crippen LogP contribution in [0.3, 0.4) is 0 Å². The van der Waals surface area contributed by atoms with Gasteiger partial charge in [0, 0.05) is 39.1 Å². The van der Waals surface area contributed by atoms with Crippen LogP contribution < -0.4 is 20.1 Å². The van der Waals surface area contributed by atoms with E-state index in [9.17, 15) is 0 Å². The molecular formula is C25H36N4O3. The van der Waals surface area contributed by atoms with Crippen LogP contribution in [-0.4, -0.2) is 44.4 Å². The Morgan fingerprint density at radius 1 is 1.09 bits per heavy atom. The van der Waals surface area contributed by atoms with Crippen molar-refractivity contribution in [3.8, 4) is 17.4 Å². The van der Waals surface area contributed by atoms with Crippen molar-refractivity contribution in [1.29, 1.82) is 0 Å². The van der Waals surface area contributed by atoms with Crippen molar-refractivity contribution >= 4 is 5.96 Å². The minimum absolute atomic E-state index is 0.335. The lowest BCUT2D eigenvalue weighted by Gasteiger charge is -2.42. The summed E-state index contributed by atoms with van der Waals surface area (Å²) in [7, 11) is 1.77. The van der Waals surface area contributed by atoms with E-state index in [1.54, 1.807) is 13.3 Å². The third-order valence-corrected chi connectivity index (χ3v) is 5.80. The van der Waals surface area contributed by atoms with E-state index < -0.39 is 0 Å². The number of nitrogens with one attached hydrogen (secondary N) is 2. The van der Waals surface area contributed by atoms with Crippen molar-refractivity contribution in [3.05, 3.63) is 48.2 Å². The largest absolute Gasteiger partial charge is 0.494 e. The van der Waals surface area contributed by atoms with Crippen LogP contribution in [0, 0.1) is 5.41 Å². The molecule has 7 heteroatoms. The summed E-state index contributed by atoms with van der Waals surface area (Å²) >= 11 is 0. The summed E-state index contributed by atoms with van der Waals surface area (Å²) in [4.78, 5) is 9.10. The van der Waals surface area contributed by atoms with Gasteiger partial charge in [0.1, 0.15) is 11.5 Å². The predicted molar refractivity (Wildman–Crippen MR) is 128 cm³/mol. The Morgan fingerprint density at radius 3 is 2.53 bits per heavy atom. The van der Waals surface area contributed by atoms with Crippen molar-refractivity contribution < 1.29 is 14.2 Å². The number of pyridine rings is 1. The Balaban J connectivity index is 1.58. The second-order valence-electron chi connectivity index (χ2n) is 8.15. The average molecular weight is 441 g/mol. The van der Waals surface area contributed by atoms with Gasteiger partial charge in [-0.25, -0.2) is 9.98 Å². The van der Waals surface area contributed by atoms with E-state index in [1.807, 2.05) is 43.3 Å². The molecule has 1 aromatic carbocycles. The lowest BCUT2D eigenvalue weighted by Crippen LogP contribution is -2.46. The number of aliphatic imine (C=N–C) groups is 1. The smallest absolute Gasteiger partial charge is 0.219 e. The van der Waals surface area contributed by atoms with E-state index >= 15 is 0 Å². The van der Waals surface area contributed by atoms with Gasteiger partial charge in [-0.2, -0.15) is 0 Å². The molecule has 1 saturated carbocycles. The van der Waals surface area contributed by atoms with E-state index in [0.717, 1.165) is 49.1 Å². The average Bonchev–Trinajstić information content (AvgIpc) is 2.78. The molecule has 1 aromatic heterocycles. The molecular weight excluding hydrogens is 404 g/mol. The first kappa shape index (κ1) is 23.9. The Bertz CT molecular complexity index is 851. The van der Waals surface area contributed by atoms with E-state index in [1.165, 1.54) is 19.3 Å². The third-order valence-electron chi connectivity index (χ3n) is 5.80. The standard InChI is InChI=1S/C25H36N4O3/c1-4-26-24(29-19-25(12-6-13-25)14-16-30-3)28-18-20-11-15-27-23(17-20)32-22-9-7-21(8-10-22)31-5-2/h7-11,15,17H,4-6,12-14,16,18-19H2,1-3H3,(H2,26,28,29). The molecule has 0 amide bonds. The molecule has 1 aliphatic carbocycles. The molecule has 0 bridgehead atoms. The van der Waals surface area contributed by atoms with E-state index in [0.29, 0.717) is 24.4 Å². The van der Waals surface area contributed by atoms with Gasteiger partial charge in [-0.3, -0.25) is 0 Å². The Hall–Kier alpha value is -2.80. The van der Waals surface area contributed by atoms with Crippen LogP contribution in [0.1, 0.15) is 45.1 Å². The Labute approximate surface area is 191 Å². The quantitative estimate of drug-likeness (QED) is 0.373. The van der Waals surface area contributed by atoms with Crippen molar-refractivity contribution in [2.75, 3.05) is 33.4 Å². The summed E-state index contributed by atoms with van der Waals surface area (Å²) in [5.74, 6) is 2.93. The van der Waals surface area contributed by atoms with Gasteiger partial charge < -0.3 is 24.8 Å². The van der Waals surface area contributed by atoms with Crippen LogP contribution in [0.4, 0.5) is 0 Å². The molecule has 0 atom stereocenters. The summed E-state index contributed by atoms with van der Waals surface area (Å²) in [5.41, 5.74) is 1.37. The van der Waals surface area contributed by atoms with Gasteiger partial charge in [-0.15, -0.1) is 0 Å². The second kappa shape index (κ2) is 12.3. The van der Waals surface area contributed by atoms with Crippen molar-refractivity contribution in [3.63, 3.8) is 0 Å². The molecule has 2 aromatic rings. The Kier molecular flexibility index (Phi) is 9.16. The summed E-state index contributed by atoms with van der Waals surface area (Å²) in [6, 6.07) is 11.4. The number of aromatic nitrogens is 1. The summed E-state index contributed by atoms with van der Waals surface area (Å²) in [5, 5.41) is 6.89. The highest BCUT2D eigenvalue weighted by Gasteiger charge is 2.36. The first-order valence-electron chi connectivity index (χ1n) is 11.5. The number of benzene rings is 1. The van der Waals surface area contributed by atoms with Gasteiger partial charge in [-0.1, -0.05) is 6.42 Å². The summed E-state index contributed by atoms with van der Waals surface area (Å²) in [6.45, 7) is 7.78. The van der Waals surface area contributed by atoms with Crippen LogP contribution in [0.25, 0.3) is 0 Å². The molecule has 1 heterocycles. The van der Waals surface area contributed by atoms with Crippen LogP contribution in [0.5, 0.6) is 17.4 Å². The minimum atomic E-state index is 0.335. The highest BCUT2D eigenvalue weighted by Crippen LogP contribution is 2.43. The van der Waals surface area contributed by atoms with Gasteiger partial charge in [0.05, 0.1) is 13.2 Å². The number of guanidine groups is 1. The molecule has 0 radical (unpaired) electrons. The fourth-order valence-electron chi connectivity index (χ4n) is 3.79. The van der Waals surface area contributed by atoms with E-state index in [4.69, 9.17) is 19.2 Å². The van der Waals surface area contributed by atoms with Gasteiger partial charge >= 0.3 is 0 Å². The monoisotopic (exact) mass is 440 g/mol. The lowest BCUT2D eigenvalue weighted by atomic mass is 9.67. The maximum atomic E-state index is 5.90. The van der Waals surface area contributed by atoms with Crippen molar-refractivity contribution in [1.82, 2.24) is 15.6 Å². The van der Waals surface area contributed by atoms with Crippen LogP contribution in [-0.2, 0) is 11.3 Å². The zero-order valence-electron chi connectivity index (χ0n) is 19.5. The summed E-state index contributed by atoms with van der Waals surface area (Å²) < 4.78 is 16.7. The zero-order chi connectivity index (χ0) is 22.7. The highest BCUT2D eigenvalue weighted by atomic mass is 16.5. The van der Waals surface area contributed by atoms with Gasteiger partial charge in [-0.05, 0) is 74.4 Å². The molecule has 0 spiro atoms. The van der Waals surface area contributed by atoms with Crippen molar-refractivity contribution in [2.24, 2.45) is 10.4 Å². The predicted octanol–water partition coefficient (Wildman–Crippen LogP) is 4.53. The third kappa shape index (κ3) is 7.12. The molecule has 0 aliphatic heterocycles. The summed E-state index contributed by atoms with van der Waals surface area (Å²) in [6.07, 6.45) is 6.64. The normalized spacial score (nSPS) is 15.0. The van der Waals surface area contributed by atoms with Gasteiger partial charge in [0.2, 0.25) is 5.88 Å². The van der Waals surface area contributed by atoms with Gasteiger partial charge in [0.25, 0.3) is 0 Å². The molecule has 32 heavy (non-hydrogen) atoms. The number of hydrogen-bond donors (Lipinski definition) is 2. The fourth-order valence-corrected chi connectivity index (χ4v) is 3.79. The first-order valence-corrected chi connectivity index (χ1v) is 11.5. The second-order valence-corrected chi connectivity index (χ2v) is 8.15. The molecule has 174 valence electrons. The molecule has 7 nitrogen and oxygen atoms in total. The van der Waals surface area contributed by atoms with Crippen molar-refractivity contribution in [2.45, 2.75) is 46.1 Å². The fraction of sp³-hybridized carbons (Fsp3) is 0.520. The number of hydrogen-bond acceptors (Lipinski definition) is 5. The molecule has 0 unspecified atom stereocenters. The molecule has 1 aliphatic rings. The van der Waals surface area contributed by atoms with Gasteiger partial charge in [0.15, 0.2) is 5.96 Å². The van der Waals surface area contributed by atoms with Crippen LogP contribution in [0.2, 0.25) is 0 Å². The SMILES string of the molecule is CCNC(=NCc1ccnc(Oc2ccc(OCC)cc2)c1)NCC1(CCOC)CCC1. The number of rotatable bonds is 12. The number of nitrogens with zero attached hydrogens (tertiary/aromatic N) is 2. The number of methoxy groups -OCH3 is 1. The maximum absolute atomic E-state index is 5.90.